The number of aliphatic imine (C=N–C) groups is 1. The molecule has 166 valence electrons. The highest BCUT2D eigenvalue weighted by molar-refractivity contribution is 5.95. The highest BCUT2D eigenvalue weighted by Crippen LogP contribution is 2.21. The van der Waals surface area contributed by atoms with Gasteiger partial charge in [0.1, 0.15) is 0 Å². The Labute approximate surface area is 186 Å². The second kappa shape index (κ2) is 11.5. The first kappa shape index (κ1) is 22.8. The van der Waals surface area contributed by atoms with Crippen LogP contribution in [0.1, 0.15) is 43.4 Å². The predicted octanol–water partition coefficient (Wildman–Crippen LogP) is 3.52. The molecule has 1 amide bonds. The van der Waals surface area contributed by atoms with E-state index in [-0.39, 0.29) is 5.91 Å². The van der Waals surface area contributed by atoms with Crippen molar-refractivity contribution in [2.24, 2.45) is 4.99 Å². The Morgan fingerprint density at radius 1 is 0.935 bits per heavy atom. The van der Waals surface area contributed by atoms with E-state index < -0.39 is 0 Å². The second-order valence-corrected chi connectivity index (χ2v) is 7.87. The molecule has 2 N–H and O–H groups in total. The smallest absolute Gasteiger partial charge is 0.227 e. The van der Waals surface area contributed by atoms with E-state index in [1.807, 2.05) is 17.0 Å². The number of nitrogens with zero attached hydrogens (tertiary/aromatic N) is 3. The molecule has 0 spiro atoms. The third-order valence-electron chi connectivity index (χ3n) is 5.79. The molecule has 0 radical (unpaired) electrons. The first-order valence-corrected chi connectivity index (χ1v) is 11.3. The van der Waals surface area contributed by atoms with Gasteiger partial charge in [-0.2, -0.15) is 0 Å². The monoisotopic (exact) mass is 421 g/mol. The van der Waals surface area contributed by atoms with Crippen LogP contribution in [0.5, 0.6) is 0 Å². The summed E-state index contributed by atoms with van der Waals surface area (Å²) in [5, 5.41) is 6.73. The maximum Gasteiger partial charge on any atom is 0.227 e. The predicted molar refractivity (Wildman–Crippen MR) is 128 cm³/mol. The molecule has 2 aromatic carbocycles. The van der Waals surface area contributed by atoms with Crippen molar-refractivity contribution in [3.8, 4) is 0 Å². The molecule has 6 heteroatoms. The van der Waals surface area contributed by atoms with Crippen LogP contribution >= 0.6 is 0 Å². The molecule has 1 fully saturated rings. The normalized spacial score (nSPS) is 14.4. The number of carbonyl (C=O) groups is 1. The van der Waals surface area contributed by atoms with Gasteiger partial charge >= 0.3 is 0 Å². The molecule has 6 nitrogen and oxygen atoms in total. The van der Waals surface area contributed by atoms with E-state index in [4.69, 9.17) is 0 Å². The number of carbonyl (C=O) groups excluding carboxylic acids is 1. The summed E-state index contributed by atoms with van der Waals surface area (Å²) in [6.07, 6.45) is 1.60. The van der Waals surface area contributed by atoms with Crippen molar-refractivity contribution in [3.63, 3.8) is 0 Å². The van der Waals surface area contributed by atoms with E-state index in [1.165, 1.54) is 11.1 Å². The van der Waals surface area contributed by atoms with Crippen molar-refractivity contribution in [3.05, 3.63) is 65.2 Å². The van der Waals surface area contributed by atoms with Crippen molar-refractivity contribution in [2.45, 2.75) is 46.3 Å². The standard InChI is InChI=1S/C25H35N5O/c1-4-29(5-2)19-22-10-8-20(9-11-22)17-27-25(26-3)28-18-21-12-14-23(15-13-21)30-16-6-7-24(30)31/h8-15H,4-7,16-19H2,1-3H3,(H2,26,27,28). The zero-order valence-electron chi connectivity index (χ0n) is 19.0. The van der Waals surface area contributed by atoms with Crippen molar-refractivity contribution < 1.29 is 4.79 Å². The average Bonchev–Trinajstić information content (AvgIpc) is 3.24. The fraction of sp³-hybridized carbons (Fsp3) is 0.440. The summed E-state index contributed by atoms with van der Waals surface area (Å²) >= 11 is 0. The molecule has 0 aromatic heterocycles. The molecule has 0 aliphatic carbocycles. The van der Waals surface area contributed by atoms with E-state index >= 15 is 0 Å². The number of hydrogen-bond donors (Lipinski definition) is 2. The molecule has 1 aliphatic heterocycles. The van der Waals surface area contributed by atoms with Gasteiger partial charge in [-0.25, -0.2) is 0 Å². The van der Waals surface area contributed by atoms with Gasteiger partial charge in [-0.1, -0.05) is 50.2 Å². The van der Waals surface area contributed by atoms with Gasteiger partial charge in [-0.3, -0.25) is 14.7 Å². The largest absolute Gasteiger partial charge is 0.352 e. The van der Waals surface area contributed by atoms with Gasteiger partial charge in [-0.05, 0) is 48.3 Å². The van der Waals surface area contributed by atoms with E-state index in [0.717, 1.165) is 56.4 Å². The lowest BCUT2D eigenvalue weighted by molar-refractivity contribution is -0.117. The molecular formula is C25H35N5O. The molecule has 1 saturated heterocycles. The van der Waals surface area contributed by atoms with Crippen LogP contribution < -0.4 is 15.5 Å². The quantitative estimate of drug-likeness (QED) is 0.480. The Hall–Kier alpha value is -2.86. The third-order valence-corrected chi connectivity index (χ3v) is 5.79. The number of amides is 1. The van der Waals surface area contributed by atoms with Crippen molar-refractivity contribution in [2.75, 3.05) is 31.6 Å². The topological polar surface area (TPSA) is 60.0 Å². The van der Waals surface area contributed by atoms with E-state index in [0.29, 0.717) is 13.0 Å². The summed E-state index contributed by atoms with van der Waals surface area (Å²) < 4.78 is 0. The summed E-state index contributed by atoms with van der Waals surface area (Å²) in [4.78, 5) is 20.5. The van der Waals surface area contributed by atoms with Crippen LogP contribution in [0.3, 0.4) is 0 Å². The Bertz CT molecular complexity index is 856. The summed E-state index contributed by atoms with van der Waals surface area (Å²) in [6.45, 7) is 9.75. The van der Waals surface area contributed by atoms with Crippen LogP contribution in [0.2, 0.25) is 0 Å². The molecule has 0 unspecified atom stereocenters. The van der Waals surface area contributed by atoms with E-state index in [1.54, 1.807) is 7.05 Å². The molecule has 2 aromatic rings. The SMILES string of the molecule is CCN(CC)Cc1ccc(CNC(=NC)NCc2ccc(N3CCCC3=O)cc2)cc1. The summed E-state index contributed by atoms with van der Waals surface area (Å²) in [6, 6.07) is 16.9. The zero-order valence-corrected chi connectivity index (χ0v) is 19.0. The van der Waals surface area contributed by atoms with Crippen molar-refractivity contribution in [1.29, 1.82) is 0 Å². The van der Waals surface area contributed by atoms with Crippen LogP contribution in [0.4, 0.5) is 5.69 Å². The van der Waals surface area contributed by atoms with Gasteiger partial charge < -0.3 is 15.5 Å². The minimum Gasteiger partial charge on any atom is -0.352 e. The summed E-state index contributed by atoms with van der Waals surface area (Å²) in [5.74, 6) is 0.988. The number of guanidine groups is 1. The lowest BCUT2D eigenvalue weighted by atomic mass is 10.1. The fourth-order valence-electron chi connectivity index (χ4n) is 3.78. The second-order valence-electron chi connectivity index (χ2n) is 7.87. The summed E-state index contributed by atoms with van der Waals surface area (Å²) in [5.41, 5.74) is 4.71. The van der Waals surface area contributed by atoms with Gasteiger partial charge in [0.05, 0.1) is 0 Å². The number of nitrogens with one attached hydrogen (secondary N) is 2. The molecule has 0 atom stereocenters. The molecule has 0 bridgehead atoms. The van der Waals surface area contributed by atoms with E-state index in [9.17, 15) is 4.79 Å². The Morgan fingerprint density at radius 2 is 1.48 bits per heavy atom. The molecule has 1 aliphatic rings. The van der Waals surface area contributed by atoms with Gasteiger partial charge in [-0.15, -0.1) is 0 Å². The lowest BCUT2D eigenvalue weighted by Crippen LogP contribution is -2.36. The van der Waals surface area contributed by atoms with Gasteiger partial charge in [0.25, 0.3) is 0 Å². The summed E-state index contributed by atoms with van der Waals surface area (Å²) in [7, 11) is 1.78. The maximum atomic E-state index is 11.9. The average molecular weight is 422 g/mol. The Morgan fingerprint density at radius 3 is 1.97 bits per heavy atom. The Balaban J connectivity index is 1.46. The minimum atomic E-state index is 0.219. The number of anilines is 1. The van der Waals surface area contributed by atoms with Gasteiger partial charge in [0, 0.05) is 45.3 Å². The molecular weight excluding hydrogens is 386 g/mol. The van der Waals surface area contributed by atoms with E-state index in [2.05, 4.69) is 70.8 Å². The van der Waals surface area contributed by atoms with Crippen molar-refractivity contribution in [1.82, 2.24) is 15.5 Å². The maximum absolute atomic E-state index is 11.9. The van der Waals surface area contributed by atoms with Gasteiger partial charge in [0.15, 0.2) is 5.96 Å². The molecule has 1 heterocycles. The lowest BCUT2D eigenvalue weighted by Gasteiger charge is -2.18. The van der Waals surface area contributed by atoms with Crippen LogP contribution in [0.15, 0.2) is 53.5 Å². The van der Waals surface area contributed by atoms with Crippen LogP contribution in [0, 0.1) is 0 Å². The van der Waals surface area contributed by atoms with Crippen LogP contribution in [-0.4, -0.2) is 43.4 Å². The first-order chi connectivity index (χ1) is 15.1. The Kier molecular flexibility index (Phi) is 8.47. The number of benzene rings is 2. The highest BCUT2D eigenvalue weighted by Gasteiger charge is 2.21. The first-order valence-electron chi connectivity index (χ1n) is 11.3. The molecule has 31 heavy (non-hydrogen) atoms. The third kappa shape index (κ3) is 6.56. The zero-order chi connectivity index (χ0) is 22.1. The minimum absolute atomic E-state index is 0.219. The van der Waals surface area contributed by atoms with Gasteiger partial charge in [0.2, 0.25) is 5.91 Å². The van der Waals surface area contributed by atoms with Crippen LogP contribution in [-0.2, 0) is 24.4 Å². The highest BCUT2D eigenvalue weighted by atomic mass is 16.2. The number of rotatable bonds is 9. The van der Waals surface area contributed by atoms with Crippen LogP contribution in [0.25, 0.3) is 0 Å². The molecule has 0 saturated carbocycles. The molecule has 3 rings (SSSR count). The fourth-order valence-corrected chi connectivity index (χ4v) is 3.78. The van der Waals surface area contributed by atoms with Crippen molar-refractivity contribution >= 4 is 17.6 Å². The number of hydrogen-bond acceptors (Lipinski definition) is 3.